The van der Waals surface area contributed by atoms with E-state index in [1.807, 2.05) is 0 Å². The highest BCUT2D eigenvalue weighted by Gasteiger charge is 2.28. The number of nitrogens with two attached hydrogens (primary N) is 1. The van der Waals surface area contributed by atoms with Gasteiger partial charge in [0.25, 0.3) is 0 Å². The average Bonchev–Trinajstić information content (AvgIpc) is 2.28. The molecule has 84 valence electrons. The molecule has 5 nitrogen and oxygen atoms in total. The Morgan fingerprint density at radius 2 is 2.19 bits per heavy atom. The van der Waals surface area contributed by atoms with E-state index in [0.29, 0.717) is 24.2 Å². The Hall–Kier alpha value is -2.04. The molecule has 1 aliphatic rings. The van der Waals surface area contributed by atoms with Crippen molar-refractivity contribution in [3.05, 3.63) is 23.8 Å². The summed E-state index contributed by atoms with van der Waals surface area (Å²) < 4.78 is 0. The van der Waals surface area contributed by atoms with Crippen molar-refractivity contribution in [2.45, 2.75) is 12.8 Å². The minimum Gasteiger partial charge on any atom is -0.399 e. The summed E-state index contributed by atoms with van der Waals surface area (Å²) in [5.41, 5.74) is 7.87. The summed E-state index contributed by atoms with van der Waals surface area (Å²) in [6, 6.07) is 4.79. The highest BCUT2D eigenvalue weighted by molar-refractivity contribution is 6.15. The maximum atomic E-state index is 11.7. The maximum Gasteiger partial charge on any atom is 0.328 e. The van der Waals surface area contributed by atoms with Crippen LogP contribution in [0.4, 0.5) is 16.2 Å². The van der Waals surface area contributed by atoms with Gasteiger partial charge in [-0.25, -0.2) is 9.69 Å². The molecule has 16 heavy (non-hydrogen) atoms. The van der Waals surface area contributed by atoms with Gasteiger partial charge in [-0.1, -0.05) is 0 Å². The molecule has 0 unspecified atom stereocenters. The van der Waals surface area contributed by atoms with Gasteiger partial charge in [0.05, 0.1) is 5.69 Å². The quantitative estimate of drug-likeness (QED) is 0.636. The van der Waals surface area contributed by atoms with Crippen LogP contribution in [0.5, 0.6) is 0 Å². The Morgan fingerprint density at radius 3 is 2.88 bits per heavy atom. The second kappa shape index (κ2) is 3.84. The van der Waals surface area contributed by atoms with E-state index in [4.69, 9.17) is 5.73 Å². The van der Waals surface area contributed by atoms with E-state index in [1.165, 1.54) is 7.05 Å². The van der Waals surface area contributed by atoms with Gasteiger partial charge >= 0.3 is 6.03 Å². The number of fused-ring (bicyclic) bond motifs is 1. The summed E-state index contributed by atoms with van der Waals surface area (Å²) in [6.07, 6.45) is 0.969. The number of hydrogen-bond donors (Lipinski definition) is 2. The number of nitrogens with zero attached hydrogens (tertiary/aromatic N) is 1. The van der Waals surface area contributed by atoms with Gasteiger partial charge in [0, 0.05) is 19.2 Å². The highest BCUT2D eigenvalue weighted by Crippen LogP contribution is 2.29. The molecule has 0 atom stereocenters. The van der Waals surface area contributed by atoms with Crippen LogP contribution in [0.3, 0.4) is 0 Å². The summed E-state index contributed by atoms with van der Waals surface area (Å²) in [5, 5.41) is 2.46. The number of rotatable bonds is 0. The van der Waals surface area contributed by atoms with Crippen LogP contribution in [-0.2, 0) is 11.2 Å². The molecule has 1 aromatic rings. The molecule has 3 amide bonds. The molecule has 1 aromatic carbocycles. The number of carbonyl (C=O) groups excluding carboxylic acids is 2. The minimum absolute atomic E-state index is 0.184. The minimum atomic E-state index is -0.407. The van der Waals surface area contributed by atoms with Gasteiger partial charge in [-0.2, -0.15) is 0 Å². The van der Waals surface area contributed by atoms with Crippen molar-refractivity contribution in [1.82, 2.24) is 5.32 Å². The summed E-state index contributed by atoms with van der Waals surface area (Å²) in [4.78, 5) is 24.4. The number of benzene rings is 1. The molecule has 0 radical (unpaired) electrons. The van der Waals surface area contributed by atoms with Crippen LogP contribution < -0.4 is 16.0 Å². The molecule has 1 heterocycles. The Bertz CT molecular complexity index is 457. The number of nitrogen functional groups attached to an aromatic ring is 1. The van der Waals surface area contributed by atoms with E-state index in [9.17, 15) is 9.59 Å². The predicted molar refractivity (Wildman–Crippen MR) is 61.1 cm³/mol. The first kappa shape index (κ1) is 10.5. The third kappa shape index (κ3) is 1.60. The van der Waals surface area contributed by atoms with Gasteiger partial charge in [0.1, 0.15) is 0 Å². The Labute approximate surface area is 93.2 Å². The van der Waals surface area contributed by atoms with Gasteiger partial charge in [-0.05, 0) is 30.2 Å². The molecule has 0 saturated carbocycles. The molecule has 0 aromatic heterocycles. The lowest BCUT2D eigenvalue weighted by Gasteiger charge is -2.27. The van der Waals surface area contributed by atoms with E-state index >= 15 is 0 Å². The van der Waals surface area contributed by atoms with Crippen LogP contribution in [0.1, 0.15) is 12.0 Å². The number of carbonyl (C=O) groups is 2. The maximum absolute atomic E-state index is 11.7. The first-order valence-corrected chi connectivity index (χ1v) is 5.06. The first-order chi connectivity index (χ1) is 7.63. The zero-order valence-electron chi connectivity index (χ0n) is 8.99. The van der Waals surface area contributed by atoms with E-state index in [0.717, 1.165) is 10.5 Å². The van der Waals surface area contributed by atoms with Gasteiger partial charge in [-0.15, -0.1) is 0 Å². The van der Waals surface area contributed by atoms with Crippen LogP contribution in [0, 0.1) is 0 Å². The Balaban J connectivity index is 2.48. The predicted octanol–water partition coefficient (Wildman–Crippen LogP) is 0.887. The number of hydrogen-bond acceptors (Lipinski definition) is 3. The van der Waals surface area contributed by atoms with Crippen LogP contribution in [0.2, 0.25) is 0 Å². The van der Waals surface area contributed by atoms with Crippen molar-refractivity contribution < 1.29 is 9.59 Å². The van der Waals surface area contributed by atoms with Crippen molar-refractivity contribution in [3.8, 4) is 0 Å². The third-order valence-corrected chi connectivity index (χ3v) is 2.62. The van der Waals surface area contributed by atoms with Crippen LogP contribution in [0.25, 0.3) is 0 Å². The number of anilines is 2. The van der Waals surface area contributed by atoms with Crippen molar-refractivity contribution in [1.29, 1.82) is 0 Å². The van der Waals surface area contributed by atoms with Gasteiger partial charge < -0.3 is 11.1 Å². The van der Waals surface area contributed by atoms with Crippen molar-refractivity contribution >= 4 is 23.3 Å². The lowest BCUT2D eigenvalue weighted by Crippen LogP contribution is -2.45. The fraction of sp³-hybridized carbons (Fsp3) is 0.273. The second-order valence-electron chi connectivity index (χ2n) is 3.67. The SMILES string of the molecule is CNC(=O)N1C(=O)CCc2cc(N)ccc21. The molecule has 2 rings (SSSR count). The zero-order valence-corrected chi connectivity index (χ0v) is 8.99. The second-order valence-corrected chi connectivity index (χ2v) is 3.67. The zero-order chi connectivity index (χ0) is 11.7. The number of amides is 3. The smallest absolute Gasteiger partial charge is 0.328 e. The van der Waals surface area contributed by atoms with E-state index in [-0.39, 0.29) is 5.91 Å². The molecule has 0 spiro atoms. The molecule has 0 saturated heterocycles. The fourth-order valence-corrected chi connectivity index (χ4v) is 1.85. The van der Waals surface area contributed by atoms with Crippen molar-refractivity contribution in [2.75, 3.05) is 17.7 Å². The molecular formula is C11H13N3O2. The summed E-state index contributed by atoms with van der Waals surface area (Å²) >= 11 is 0. The lowest BCUT2D eigenvalue weighted by molar-refractivity contribution is -0.118. The molecule has 0 bridgehead atoms. The van der Waals surface area contributed by atoms with Crippen LogP contribution >= 0.6 is 0 Å². The number of nitrogens with one attached hydrogen (secondary N) is 1. The van der Waals surface area contributed by atoms with Crippen molar-refractivity contribution in [2.24, 2.45) is 0 Å². The van der Waals surface area contributed by atoms with Crippen LogP contribution in [-0.4, -0.2) is 19.0 Å². The Morgan fingerprint density at radius 1 is 1.44 bits per heavy atom. The molecule has 5 heteroatoms. The largest absolute Gasteiger partial charge is 0.399 e. The molecule has 0 fully saturated rings. The monoisotopic (exact) mass is 219 g/mol. The summed E-state index contributed by atoms with van der Waals surface area (Å²) in [7, 11) is 1.50. The molecule has 1 aliphatic heterocycles. The third-order valence-electron chi connectivity index (χ3n) is 2.62. The number of imide groups is 1. The van der Waals surface area contributed by atoms with Gasteiger partial charge in [0.2, 0.25) is 5.91 Å². The van der Waals surface area contributed by atoms with Gasteiger partial charge in [-0.3, -0.25) is 4.79 Å². The highest BCUT2D eigenvalue weighted by atomic mass is 16.2. The van der Waals surface area contributed by atoms with Crippen molar-refractivity contribution in [3.63, 3.8) is 0 Å². The van der Waals surface area contributed by atoms with Crippen LogP contribution in [0.15, 0.2) is 18.2 Å². The summed E-state index contributed by atoms with van der Waals surface area (Å²) in [5.74, 6) is -0.184. The number of aryl methyl sites for hydroxylation is 1. The normalized spacial score (nSPS) is 14.6. The molecule has 0 aliphatic carbocycles. The standard InChI is InChI=1S/C11H13N3O2/c1-13-11(16)14-9-4-3-8(12)6-7(9)2-5-10(14)15/h3-4,6H,2,5,12H2,1H3,(H,13,16). The molecule has 3 N–H and O–H groups in total. The lowest BCUT2D eigenvalue weighted by atomic mass is 10.0. The average molecular weight is 219 g/mol. The van der Waals surface area contributed by atoms with E-state index in [2.05, 4.69) is 5.32 Å². The van der Waals surface area contributed by atoms with Gasteiger partial charge in [0.15, 0.2) is 0 Å². The topological polar surface area (TPSA) is 75.4 Å². The van der Waals surface area contributed by atoms with E-state index in [1.54, 1.807) is 18.2 Å². The fourth-order valence-electron chi connectivity index (χ4n) is 1.85. The number of urea groups is 1. The van der Waals surface area contributed by atoms with E-state index < -0.39 is 6.03 Å². The Kier molecular flexibility index (Phi) is 2.52. The first-order valence-electron chi connectivity index (χ1n) is 5.06. The summed E-state index contributed by atoms with van der Waals surface area (Å²) in [6.45, 7) is 0. The molecular weight excluding hydrogens is 206 g/mol.